The molecule has 1 aliphatic rings. The Morgan fingerprint density at radius 1 is 0.833 bits per heavy atom. The van der Waals surface area contributed by atoms with Gasteiger partial charge in [0.2, 0.25) is 0 Å². The molecule has 0 saturated carbocycles. The van der Waals surface area contributed by atoms with E-state index in [4.69, 9.17) is 5.11 Å². The molecule has 0 aliphatic heterocycles. The zero-order valence-corrected chi connectivity index (χ0v) is 12.8. The van der Waals surface area contributed by atoms with Crippen LogP contribution >= 0.6 is 0 Å². The second-order valence-corrected chi connectivity index (χ2v) is 5.73. The van der Waals surface area contributed by atoms with Gasteiger partial charge in [-0.05, 0) is 35.2 Å². The first kappa shape index (κ1) is 15.7. The smallest absolute Gasteiger partial charge is 0.335 e. The highest BCUT2D eigenvalue weighted by Crippen LogP contribution is 2.34. The first-order valence-electron chi connectivity index (χ1n) is 7.55. The van der Waals surface area contributed by atoms with Gasteiger partial charge in [-0.3, -0.25) is 4.79 Å². The lowest BCUT2D eigenvalue weighted by Crippen LogP contribution is -2.34. The van der Waals surface area contributed by atoms with Crippen molar-refractivity contribution in [3.8, 4) is 11.1 Å². The quantitative estimate of drug-likeness (QED) is 0.896. The standard InChI is InChI=1S/C20H16O4/c21-18(22)16-6-4-14(5-7-16)15-8-10-17(11-9-15)20(19(23)24)12-2-1-3-13-20/h1-12H,13H2,(H,21,22)(H,23,24). The van der Waals surface area contributed by atoms with Crippen LogP contribution in [-0.2, 0) is 10.2 Å². The van der Waals surface area contributed by atoms with E-state index in [1.807, 2.05) is 36.4 Å². The third-order valence-corrected chi connectivity index (χ3v) is 4.31. The summed E-state index contributed by atoms with van der Waals surface area (Å²) in [4.78, 5) is 22.7. The van der Waals surface area contributed by atoms with Gasteiger partial charge in [-0.2, -0.15) is 0 Å². The van der Waals surface area contributed by atoms with Crippen molar-refractivity contribution in [3.05, 3.63) is 84.0 Å². The third kappa shape index (κ3) is 2.74. The summed E-state index contributed by atoms with van der Waals surface area (Å²) in [7, 11) is 0. The maximum atomic E-state index is 11.8. The summed E-state index contributed by atoms with van der Waals surface area (Å²) < 4.78 is 0. The largest absolute Gasteiger partial charge is 0.480 e. The van der Waals surface area contributed by atoms with Crippen LogP contribution in [0, 0.1) is 0 Å². The Balaban J connectivity index is 1.93. The van der Waals surface area contributed by atoms with Crippen molar-refractivity contribution in [2.24, 2.45) is 0 Å². The first-order valence-corrected chi connectivity index (χ1v) is 7.55. The monoisotopic (exact) mass is 320 g/mol. The first-order chi connectivity index (χ1) is 11.5. The molecule has 0 radical (unpaired) electrons. The summed E-state index contributed by atoms with van der Waals surface area (Å²) in [5, 5.41) is 18.6. The third-order valence-electron chi connectivity index (χ3n) is 4.31. The highest BCUT2D eigenvalue weighted by atomic mass is 16.4. The van der Waals surface area contributed by atoms with Crippen molar-refractivity contribution in [1.29, 1.82) is 0 Å². The Kier molecular flexibility index (Phi) is 4.04. The Bertz CT molecular complexity index is 829. The fourth-order valence-corrected chi connectivity index (χ4v) is 2.88. The minimum atomic E-state index is -1.03. The molecule has 24 heavy (non-hydrogen) atoms. The van der Waals surface area contributed by atoms with Crippen LogP contribution in [0.4, 0.5) is 0 Å². The number of carboxylic acids is 2. The van der Waals surface area contributed by atoms with E-state index in [9.17, 15) is 14.7 Å². The molecule has 2 aromatic rings. The van der Waals surface area contributed by atoms with Gasteiger partial charge in [-0.15, -0.1) is 0 Å². The predicted molar refractivity (Wildman–Crippen MR) is 91.0 cm³/mol. The molecule has 0 amide bonds. The van der Waals surface area contributed by atoms with Gasteiger partial charge < -0.3 is 10.2 Å². The molecule has 0 saturated heterocycles. The van der Waals surface area contributed by atoms with Gasteiger partial charge in [-0.1, -0.05) is 60.7 Å². The van der Waals surface area contributed by atoms with Crippen LogP contribution < -0.4 is 0 Å². The van der Waals surface area contributed by atoms with E-state index in [0.717, 1.165) is 16.7 Å². The number of rotatable bonds is 4. The average Bonchev–Trinajstić information content (AvgIpc) is 2.62. The number of benzene rings is 2. The molecule has 0 spiro atoms. The summed E-state index contributed by atoms with van der Waals surface area (Å²) in [6.07, 6.45) is 7.60. The van der Waals surface area contributed by atoms with Gasteiger partial charge in [-0.25, -0.2) is 4.79 Å². The van der Waals surface area contributed by atoms with Gasteiger partial charge in [0, 0.05) is 0 Å². The van der Waals surface area contributed by atoms with Crippen molar-refractivity contribution < 1.29 is 19.8 Å². The van der Waals surface area contributed by atoms with Crippen molar-refractivity contribution in [3.63, 3.8) is 0 Å². The van der Waals surface area contributed by atoms with Gasteiger partial charge in [0.05, 0.1) is 5.56 Å². The molecule has 2 N–H and O–H groups in total. The Morgan fingerprint density at radius 2 is 1.42 bits per heavy atom. The lowest BCUT2D eigenvalue weighted by molar-refractivity contribution is -0.141. The molecule has 1 aliphatic carbocycles. The summed E-state index contributed by atoms with van der Waals surface area (Å²) >= 11 is 0. The number of carbonyl (C=O) groups is 2. The maximum Gasteiger partial charge on any atom is 0.335 e. The van der Waals surface area contributed by atoms with E-state index in [1.165, 1.54) is 0 Å². The summed E-state index contributed by atoms with van der Waals surface area (Å²) in [5.74, 6) is -1.83. The predicted octanol–water partition coefficient (Wildman–Crippen LogP) is 3.89. The lowest BCUT2D eigenvalue weighted by Gasteiger charge is -2.27. The van der Waals surface area contributed by atoms with Crippen molar-refractivity contribution in [2.45, 2.75) is 11.8 Å². The fourth-order valence-electron chi connectivity index (χ4n) is 2.88. The van der Waals surface area contributed by atoms with E-state index in [-0.39, 0.29) is 5.56 Å². The second-order valence-electron chi connectivity index (χ2n) is 5.73. The number of aromatic carboxylic acids is 1. The van der Waals surface area contributed by atoms with Crippen LogP contribution in [0.3, 0.4) is 0 Å². The molecular weight excluding hydrogens is 304 g/mol. The van der Waals surface area contributed by atoms with E-state index in [0.29, 0.717) is 6.42 Å². The van der Waals surface area contributed by atoms with Crippen LogP contribution in [0.15, 0.2) is 72.8 Å². The van der Waals surface area contributed by atoms with E-state index in [1.54, 1.807) is 36.4 Å². The molecule has 2 aromatic carbocycles. The molecule has 0 aromatic heterocycles. The molecule has 1 atom stereocenters. The van der Waals surface area contributed by atoms with Crippen LogP contribution in [0.25, 0.3) is 11.1 Å². The number of hydrogen-bond donors (Lipinski definition) is 2. The van der Waals surface area contributed by atoms with Crippen LogP contribution in [0.2, 0.25) is 0 Å². The minimum Gasteiger partial charge on any atom is -0.480 e. The van der Waals surface area contributed by atoms with Crippen molar-refractivity contribution >= 4 is 11.9 Å². The highest BCUT2D eigenvalue weighted by Gasteiger charge is 2.37. The van der Waals surface area contributed by atoms with Crippen LogP contribution in [0.5, 0.6) is 0 Å². The van der Waals surface area contributed by atoms with Crippen LogP contribution in [-0.4, -0.2) is 22.2 Å². The van der Waals surface area contributed by atoms with Gasteiger partial charge in [0.25, 0.3) is 0 Å². The molecule has 4 nitrogen and oxygen atoms in total. The number of aliphatic carboxylic acids is 1. The van der Waals surface area contributed by atoms with Crippen LogP contribution in [0.1, 0.15) is 22.3 Å². The molecule has 4 heteroatoms. The average molecular weight is 320 g/mol. The molecule has 0 bridgehead atoms. The maximum absolute atomic E-state index is 11.8. The topological polar surface area (TPSA) is 74.6 Å². The highest BCUT2D eigenvalue weighted by molar-refractivity contribution is 5.88. The summed E-state index contributed by atoms with van der Waals surface area (Å²) in [6.45, 7) is 0. The van der Waals surface area contributed by atoms with E-state index in [2.05, 4.69) is 0 Å². The number of allylic oxidation sites excluding steroid dienone is 3. The zero-order chi connectivity index (χ0) is 17.2. The molecule has 120 valence electrons. The fraction of sp³-hybridized carbons (Fsp3) is 0.100. The number of carboxylic acid groups (broad SMARTS) is 2. The Hall–Kier alpha value is -3.14. The van der Waals surface area contributed by atoms with Gasteiger partial charge in [0.1, 0.15) is 5.41 Å². The zero-order valence-electron chi connectivity index (χ0n) is 12.8. The molecule has 1 unspecified atom stereocenters. The van der Waals surface area contributed by atoms with Gasteiger partial charge >= 0.3 is 11.9 Å². The minimum absolute atomic E-state index is 0.235. The Labute approximate surface area is 139 Å². The number of hydrogen-bond acceptors (Lipinski definition) is 2. The Morgan fingerprint density at radius 3 is 1.88 bits per heavy atom. The normalized spacial score (nSPS) is 19.2. The van der Waals surface area contributed by atoms with Crippen molar-refractivity contribution in [1.82, 2.24) is 0 Å². The van der Waals surface area contributed by atoms with Crippen molar-refractivity contribution in [2.75, 3.05) is 0 Å². The molecule has 0 heterocycles. The second kappa shape index (κ2) is 6.16. The van der Waals surface area contributed by atoms with E-state index >= 15 is 0 Å². The van der Waals surface area contributed by atoms with E-state index < -0.39 is 17.4 Å². The molecular formula is C20H16O4. The summed E-state index contributed by atoms with van der Waals surface area (Å²) in [6, 6.07) is 14.0. The lowest BCUT2D eigenvalue weighted by atomic mass is 9.75. The molecule has 3 rings (SSSR count). The van der Waals surface area contributed by atoms with Gasteiger partial charge in [0.15, 0.2) is 0 Å². The SMILES string of the molecule is O=C(O)c1ccc(-c2ccc(C3(C(=O)O)C=CC=CC3)cc2)cc1. The summed E-state index contributed by atoms with van der Waals surface area (Å²) in [5.41, 5.74) is 1.72. The molecule has 0 fully saturated rings.